The summed E-state index contributed by atoms with van der Waals surface area (Å²) in [5, 5.41) is 3.45. The molecule has 0 aromatic heterocycles. The molecule has 5 nitrogen and oxygen atoms in total. The van der Waals surface area contributed by atoms with Crippen LogP contribution in [-0.2, 0) is 22.6 Å². The van der Waals surface area contributed by atoms with E-state index in [1.807, 2.05) is 4.90 Å². The lowest BCUT2D eigenvalue weighted by Gasteiger charge is -2.25. The van der Waals surface area contributed by atoms with Crippen LogP contribution >= 0.6 is 0 Å². The van der Waals surface area contributed by atoms with Crippen LogP contribution in [-0.4, -0.2) is 60.6 Å². The maximum atomic E-state index is 12.4. The zero-order valence-corrected chi connectivity index (χ0v) is 13.5. The van der Waals surface area contributed by atoms with Crippen LogP contribution in [0.15, 0.2) is 24.3 Å². The van der Waals surface area contributed by atoms with Gasteiger partial charge in [0, 0.05) is 39.1 Å². The maximum Gasteiger partial charge on any atom is 0.222 e. The molecule has 0 aliphatic carbocycles. The number of carbonyl (C=O) groups is 1. The lowest BCUT2D eigenvalue weighted by atomic mass is 10.1. The number of hydrogen-bond donors (Lipinski definition) is 1. The zero-order valence-electron chi connectivity index (χ0n) is 13.5. The summed E-state index contributed by atoms with van der Waals surface area (Å²) in [6.07, 6.45) is 1.78. The first-order valence-corrected chi connectivity index (χ1v) is 8.71. The largest absolute Gasteiger partial charge is 0.373 e. The van der Waals surface area contributed by atoms with Gasteiger partial charge >= 0.3 is 0 Å². The minimum absolute atomic E-state index is 0.195. The lowest BCUT2D eigenvalue weighted by molar-refractivity contribution is -0.130. The van der Waals surface area contributed by atoms with E-state index in [4.69, 9.17) is 4.74 Å². The lowest BCUT2D eigenvalue weighted by Crippen LogP contribution is -2.47. The number of likely N-dealkylation sites (tertiary alicyclic amines) is 1. The van der Waals surface area contributed by atoms with Crippen molar-refractivity contribution >= 4 is 5.91 Å². The van der Waals surface area contributed by atoms with Crippen LogP contribution in [0.2, 0.25) is 0 Å². The molecule has 0 unspecified atom stereocenters. The fourth-order valence-electron chi connectivity index (χ4n) is 3.97. The molecular weight excluding hydrogens is 290 g/mol. The summed E-state index contributed by atoms with van der Waals surface area (Å²) in [6.45, 7) is 6.27. The van der Waals surface area contributed by atoms with Gasteiger partial charge in [0.05, 0.1) is 18.8 Å². The molecule has 0 bridgehead atoms. The highest BCUT2D eigenvalue weighted by Crippen LogP contribution is 2.23. The van der Waals surface area contributed by atoms with Gasteiger partial charge in [-0.25, -0.2) is 0 Å². The van der Waals surface area contributed by atoms with Gasteiger partial charge in [0.25, 0.3) is 0 Å². The van der Waals surface area contributed by atoms with Gasteiger partial charge in [0.2, 0.25) is 5.91 Å². The molecule has 0 radical (unpaired) electrons. The Hall–Kier alpha value is -1.43. The smallest absolute Gasteiger partial charge is 0.222 e. The molecule has 23 heavy (non-hydrogen) atoms. The summed E-state index contributed by atoms with van der Waals surface area (Å²) in [4.78, 5) is 16.8. The second-order valence-electron chi connectivity index (χ2n) is 6.85. The third-order valence-electron chi connectivity index (χ3n) is 5.23. The number of hydrogen-bond acceptors (Lipinski definition) is 4. The molecule has 3 aliphatic rings. The summed E-state index contributed by atoms with van der Waals surface area (Å²) in [5.41, 5.74) is 2.87. The maximum absolute atomic E-state index is 12.4. The molecule has 1 N–H and O–H groups in total. The fraction of sp³-hybridized carbons (Fsp3) is 0.611. The van der Waals surface area contributed by atoms with Crippen molar-refractivity contribution in [3.63, 3.8) is 0 Å². The zero-order chi connectivity index (χ0) is 15.6. The summed E-state index contributed by atoms with van der Waals surface area (Å²) < 4.78 is 5.74. The average Bonchev–Trinajstić information content (AvgIpc) is 3.18. The molecule has 2 atom stereocenters. The highest BCUT2D eigenvalue weighted by atomic mass is 16.5. The fourth-order valence-corrected chi connectivity index (χ4v) is 3.97. The van der Waals surface area contributed by atoms with Crippen LogP contribution in [0.3, 0.4) is 0 Å². The first-order chi connectivity index (χ1) is 11.3. The van der Waals surface area contributed by atoms with Crippen molar-refractivity contribution < 1.29 is 9.53 Å². The molecule has 1 amide bonds. The van der Waals surface area contributed by atoms with Gasteiger partial charge in [-0.05, 0) is 24.1 Å². The normalized spacial score (nSPS) is 27.0. The summed E-state index contributed by atoms with van der Waals surface area (Å²) in [6, 6.07) is 8.96. The SMILES string of the molecule is O=C(CCCN1Cc2ccccc2C1)N1C[C@@H]2NCCO[C@H]2C1. The van der Waals surface area contributed by atoms with E-state index in [1.165, 1.54) is 11.1 Å². The number of carbonyl (C=O) groups excluding carboxylic acids is 1. The number of nitrogens with one attached hydrogen (secondary N) is 1. The van der Waals surface area contributed by atoms with Gasteiger partial charge < -0.3 is 15.0 Å². The van der Waals surface area contributed by atoms with E-state index in [2.05, 4.69) is 34.5 Å². The predicted octanol–water partition coefficient (Wildman–Crippen LogP) is 0.982. The number of ether oxygens (including phenoxy) is 1. The standard InChI is InChI=1S/C18H25N3O2/c22-18(21-12-16-17(13-21)23-9-7-19-16)6-3-8-20-10-14-4-1-2-5-15(14)11-20/h1-2,4-5,16-17,19H,3,6-13H2/t16-,17-/m0/s1. The molecule has 3 aliphatic heterocycles. The minimum atomic E-state index is 0.195. The summed E-state index contributed by atoms with van der Waals surface area (Å²) in [7, 11) is 0. The first kappa shape index (κ1) is 15.1. The van der Waals surface area contributed by atoms with E-state index in [0.29, 0.717) is 12.5 Å². The Morgan fingerprint density at radius 3 is 2.74 bits per heavy atom. The highest BCUT2D eigenvalue weighted by Gasteiger charge is 2.37. The van der Waals surface area contributed by atoms with Crippen molar-refractivity contribution in [1.82, 2.24) is 15.1 Å². The van der Waals surface area contributed by atoms with Crippen molar-refractivity contribution in [2.75, 3.05) is 32.8 Å². The van der Waals surface area contributed by atoms with Gasteiger partial charge in [0.15, 0.2) is 0 Å². The Morgan fingerprint density at radius 2 is 2.00 bits per heavy atom. The molecule has 4 rings (SSSR count). The summed E-state index contributed by atoms with van der Waals surface area (Å²) >= 11 is 0. The van der Waals surface area contributed by atoms with Crippen molar-refractivity contribution in [3.8, 4) is 0 Å². The minimum Gasteiger partial charge on any atom is -0.373 e. The van der Waals surface area contributed by atoms with Crippen LogP contribution in [0.25, 0.3) is 0 Å². The first-order valence-electron chi connectivity index (χ1n) is 8.71. The van der Waals surface area contributed by atoms with E-state index < -0.39 is 0 Å². The topological polar surface area (TPSA) is 44.8 Å². The predicted molar refractivity (Wildman–Crippen MR) is 87.9 cm³/mol. The van der Waals surface area contributed by atoms with E-state index >= 15 is 0 Å². The Bertz CT molecular complexity index is 538. The van der Waals surface area contributed by atoms with Crippen LogP contribution in [0.1, 0.15) is 24.0 Å². The molecule has 0 spiro atoms. The third kappa shape index (κ3) is 3.27. The Morgan fingerprint density at radius 1 is 1.22 bits per heavy atom. The second kappa shape index (κ2) is 6.59. The molecule has 124 valence electrons. The number of nitrogens with zero attached hydrogens (tertiary/aromatic N) is 2. The quantitative estimate of drug-likeness (QED) is 0.900. The van der Waals surface area contributed by atoms with Crippen molar-refractivity contribution in [1.29, 1.82) is 0 Å². The molecule has 2 fully saturated rings. The highest BCUT2D eigenvalue weighted by molar-refractivity contribution is 5.76. The van der Waals surface area contributed by atoms with Gasteiger partial charge in [-0.1, -0.05) is 24.3 Å². The molecule has 2 saturated heterocycles. The Kier molecular flexibility index (Phi) is 4.33. The van der Waals surface area contributed by atoms with Gasteiger partial charge in [-0.15, -0.1) is 0 Å². The van der Waals surface area contributed by atoms with E-state index in [9.17, 15) is 4.79 Å². The van der Waals surface area contributed by atoms with Crippen molar-refractivity contribution in [2.45, 2.75) is 38.1 Å². The number of amides is 1. The molecule has 5 heteroatoms. The monoisotopic (exact) mass is 315 g/mol. The van der Waals surface area contributed by atoms with Crippen LogP contribution in [0, 0.1) is 0 Å². The van der Waals surface area contributed by atoms with Crippen LogP contribution < -0.4 is 5.32 Å². The van der Waals surface area contributed by atoms with Crippen LogP contribution in [0.5, 0.6) is 0 Å². The molecule has 3 heterocycles. The average molecular weight is 315 g/mol. The van der Waals surface area contributed by atoms with Gasteiger partial charge in [-0.2, -0.15) is 0 Å². The molecule has 1 aromatic rings. The van der Waals surface area contributed by atoms with Gasteiger partial charge in [0.1, 0.15) is 0 Å². The van der Waals surface area contributed by atoms with Crippen molar-refractivity contribution in [3.05, 3.63) is 35.4 Å². The summed E-state index contributed by atoms with van der Waals surface area (Å²) in [5.74, 6) is 0.279. The second-order valence-corrected chi connectivity index (χ2v) is 6.85. The Balaban J connectivity index is 1.21. The number of morpholine rings is 1. The molecule has 0 saturated carbocycles. The van der Waals surface area contributed by atoms with Crippen LogP contribution in [0.4, 0.5) is 0 Å². The number of rotatable bonds is 4. The number of benzene rings is 1. The van der Waals surface area contributed by atoms with E-state index in [1.54, 1.807) is 0 Å². The molecule has 1 aromatic carbocycles. The van der Waals surface area contributed by atoms with Gasteiger partial charge in [-0.3, -0.25) is 9.69 Å². The van der Waals surface area contributed by atoms with E-state index in [-0.39, 0.29) is 12.0 Å². The third-order valence-corrected chi connectivity index (χ3v) is 5.23. The van der Waals surface area contributed by atoms with Crippen molar-refractivity contribution in [2.24, 2.45) is 0 Å². The number of fused-ring (bicyclic) bond motifs is 2. The van der Waals surface area contributed by atoms with E-state index in [0.717, 1.165) is 52.3 Å². The Labute approximate surface area is 137 Å². The molecular formula is C18H25N3O2.